The van der Waals surface area contributed by atoms with Crippen molar-refractivity contribution in [2.45, 2.75) is 45.7 Å². The first kappa shape index (κ1) is 14.1. The van der Waals surface area contributed by atoms with E-state index < -0.39 is 5.97 Å². The molecule has 19 heavy (non-hydrogen) atoms. The van der Waals surface area contributed by atoms with Crippen LogP contribution in [0.2, 0.25) is 0 Å². The predicted molar refractivity (Wildman–Crippen MR) is 76.1 cm³/mol. The van der Waals surface area contributed by atoms with Gasteiger partial charge in [0, 0.05) is 19.1 Å². The molecule has 2 rings (SSSR count). The quantitative estimate of drug-likeness (QED) is 0.820. The standard InChI is InChI=1S/C16H23NO2/c1-12(2)10-17(15-7-8-15)11-14-6-4-3-5-13(14)9-16(18)19/h3-6,12,15H,7-11H2,1-2H3,(H,18,19). The van der Waals surface area contributed by atoms with Gasteiger partial charge in [-0.3, -0.25) is 9.69 Å². The van der Waals surface area contributed by atoms with Crippen molar-refractivity contribution < 1.29 is 9.90 Å². The molecule has 1 aliphatic carbocycles. The highest BCUT2D eigenvalue weighted by Crippen LogP contribution is 2.29. The van der Waals surface area contributed by atoms with Gasteiger partial charge in [-0.1, -0.05) is 38.1 Å². The molecule has 1 saturated carbocycles. The van der Waals surface area contributed by atoms with Crippen LogP contribution < -0.4 is 0 Å². The van der Waals surface area contributed by atoms with Crippen molar-refractivity contribution in [1.29, 1.82) is 0 Å². The third-order valence-corrected chi connectivity index (χ3v) is 3.50. The summed E-state index contributed by atoms with van der Waals surface area (Å²) < 4.78 is 0. The first-order chi connectivity index (χ1) is 9.06. The Labute approximate surface area is 115 Å². The summed E-state index contributed by atoms with van der Waals surface area (Å²) in [5, 5.41) is 8.98. The molecular weight excluding hydrogens is 238 g/mol. The molecule has 0 radical (unpaired) electrons. The molecule has 0 amide bonds. The van der Waals surface area contributed by atoms with E-state index in [-0.39, 0.29) is 6.42 Å². The summed E-state index contributed by atoms with van der Waals surface area (Å²) in [6.07, 6.45) is 2.69. The van der Waals surface area contributed by atoms with Gasteiger partial charge in [-0.25, -0.2) is 0 Å². The number of rotatable bonds is 7. The van der Waals surface area contributed by atoms with E-state index in [2.05, 4.69) is 24.8 Å². The van der Waals surface area contributed by atoms with E-state index in [0.29, 0.717) is 12.0 Å². The van der Waals surface area contributed by atoms with E-state index in [4.69, 9.17) is 5.11 Å². The molecule has 0 aromatic heterocycles. The molecule has 1 N–H and O–H groups in total. The van der Waals surface area contributed by atoms with Crippen LogP contribution in [-0.4, -0.2) is 28.6 Å². The summed E-state index contributed by atoms with van der Waals surface area (Å²) in [4.78, 5) is 13.4. The number of hydrogen-bond acceptors (Lipinski definition) is 2. The Morgan fingerprint density at radius 1 is 1.32 bits per heavy atom. The fraction of sp³-hybridized carbons (Fsp3) is 0.562. The molecule has 1 aromatic carbocycles. The molecule has 0 spiro atoms. The lowest BCUT2D eigenvalue weighted by Crippen LogP contribution is -2.30. The van der Waals surface area contributed by atoms with E-state index >= 15 is 0 Å². The van der Waals surface area contributed by atoms with Crippen LogP contribution in [0.3, 0.4) is 0 Å². The molecular formula is C16H23NO2. The summed E-state index contributed by atoms with van der Waals surface area (Å²) in [7, 11) is 0. The van der Waals surface area contributed by atoms with Crippen LogP contribution in [0.5, 0.6) is 0 Å². The highest BCUT2D eigenvalue weighted by atomic mass is 16.4. The van der Waals surface area contributed by atoms with Crippen molar-refractivity contribution in [3.8, 4) is 0 Å². The van der Waals surface area contributed by atoms with Crippen LogP contribution in [0, 0.1) is 5.92 Å². The predicted octanol–water partition coefficient (Wildman–Crippen LogP) is 2.93. The van der Waals surface area contributed by atoms with Gasteiger partial charge >= 0.3 is 5.97 Å². The van der Waals surface area contributed by atoms with Crippen molar-refractivity contribution in [2.24, 2.45) is 5.92 Å². The van der Waals surface area contributed by atoms with Gasteiger partial charge in [-0.15, -0.1) is 0 Å². The van der Waals surface area contributed by atoms with Gasteiger partial charge in [0.05, 0.1) is 6.42 Å². The molecule has 0 aliphatic heterocycles. The van der Waals surface area contributed by atoms with Gasteiger partial charge in [0.15, 0.2) is 0 Å². The summed E-state index contributed by atoms with van der Waals surface area (Å²) in [6.45, 7) is 6.44. The van der Waals surface area contributed by atoms with E-state index in [9.17, 15) is 4.79 Å². The Morgan fingerprint density at radius 3 is 2.47 bits per heavy atom. The van der Waals surface area contributed by atoms with Crippen LogP contribution in [0.1, 0.15) is 37.8 Å². The Bertz CT molecular complexity index is 438. The number of carboxylic acid groups (broad SMARTS) is 1. The Kier molecular flexibility index (Phi) is 4.59. The summed E-state index contributed by atoms with van der Waals surface area (Å²) in [5.74, 6) is -0.110. The molecule has 1 aromatic rings. The normalized spacial score (nSPS) is 15.2. The number of aliphatic carboxylic acids is 1. The van der Waals surface area contributed by atoms with Crippen molar-refractivity contribution >= 4 is 5.97 Å². The van der Waals surface area contributed by atoms with Crippen molar-refractivity contribution in [3.05, 3.63) is 35.4 Å². The molecule has 0 atom stereocenters. The smallest absolute Gasteiger partial charge is 0.307 e. The third-order valence-electron chi connectivity index (χ3n) is 3.50. The van der Waals surface area contributed by atoms with E-state index in [1.54, 1.807) is 0 Å². The highest BCUT2D eigenvalue weighted by molar-refractivity contribution is 5.70. The van der Waals surface area contributed by atoms with Crippen LogP contribution >= 0.6 is 0 Å². The monoisotopic (exact) mass is 261 g/mol. The Morgan fingerprint density at radius 2 is 1.95 bits per heavy atom. The first-order valence-corrected chi connectivity index (χ1v) is 7.09. The van der Waals surface area contributed by atoms with Gasteiger partial charge < -0.3 is 5.11 Å². The number of carboxylic acids is 1. The molecule has 0 saturated heterocycles. The van der Waals surface area contributed by atoms with E-state index in [0.717, 1.165) is 24.2 Å². The summed E-state index contributed by atoms with van der Waals surface area (Å²) >= 11 is 0. The largest absolute Gasteiger partial charge is 0.481 e. The molecule has 0 unspecified atom stereocenters. The lowest BCUT2D eigenvalue weighted by molar-refractivity contribution is -0.136. The summed E-state index contributed by atoms with van der Waals surface area (Å²) in [5.41, 5.74) is 2.11. The Balaban J connectivity index is 2.09. The van der Waals surface area contributed by atoms with Crippen LogP contribution in [-0.2, 0) is 17.8 Å². The second-order valence-corrected chi connectivity index (χ2v) is 5.89. The molecule has 0 bridgehead atoms. The molecule has 0 heterocycles. The minimum atomic E-state index is -0.755. The average molecular weight is 261 g/mol. The van der Waals surface area contributed by atoms with E-state index in [1.807, 2.05) is 18.2 Å². The van der Waals surface area contributed by atoms with Crippen LogP contribution in [0.15, 0.2) is 24.3 Å². The van der Waals surface area contributed by atoms with Gasteiger partial charge in [0.2, 0.25) is 0 Å². The van der Waals surface area contributed by atoms with E-state index in [1.165, 1.54) is 12.8 Å². The second kappa shape index (κ2) is 6.20. The number of carbonyl (C=O) groups is 1. The zero-order chi connectivity index (χ0) is 13.8. The maximum Gasteiger partial charge on any atom is 0.307 e. The molecule has 104 valence electrons. The van der Waals surface area contributed by atoms with Gasteiger partial charge in [0.1, 0.15) is 0 Å². The topological polar surface area (TPSA) is 40.5 Å². The molecule has 1 aliphatic rings. The molecule has 1 fully saturated rings. The number of nitrogens with zero attached hydrogens (tertiary/aromatic N) is 1. The zero-order valence-corrected chi connectivity index (χ0v) is 11.8. The maximum atomic E-state index is 10.9. The van der Waals surface area contributed by atoms with Crippen molar-refractivity contribution in [1.82, 2.24) is 4.90 Å². The summed E-state index contributed by atoms with van der Waals surface area (Å²) in [6, 6.07) is 8.63. The van der Waals surface area contributed by atoms with Crippen molar-refractivity contribution in [3.63, 3.8) is 0 Å². The number of hydrogen-bond donors (Lipinski definition) is 1. The van der Waals surface area contributed by atoms with Crippen molar-refractivity contribution in [2.75, 3.05) is 6.54 Å². The van der Waals surface area contributed by atoms with Gasteiger partial charge in [-0.05, 0) is 29.9 Å². The molecule has 3 heteroatoms. The minimum absolute atomic E-state index is 0.121. The fourth-order valence-electron chi connectivity index (χ4n) is 2.52. The molecule has 3 nitrogen and oxygen atoms in total. The minimum Gasteiger partial charge on any atom is -0.481 e. The second-order valence-electron chi connectivity index (χ2n) is 5.89. The maximum absolute atomic E-state index is 10.9. The average Bonchev–Trinajstić information content (AvgIpc) is 3.13. The SMILES string of the molecule is CC(C)CN(Cc1ccccc1CC(=O)O)C1CC1. The lowest BCUT2D eigenvalue weighted by Gasteiger charge is -2.25. The lowest BCUT2D eigenvalue weighted by atomic mass is 10.0. The highest BCUT2D eigenvalue weighted by Gasteiger charge is 2.29. The first-order valence-electron chi connectivity index (χ1n) is 7.09. The Hall–Kier alpha value is -1.35. The van der Waals surface area contributed by atoms with Crippen LogP contribution in [0.25, 0.3) is 0 Å². The van der Waals surface area contributed by atoms with Gasteiger partial charge in [0.25, 0.3) is 0 Å². The number of benzene rings is 1. The van der Waals surface area contributed by atoms with Gasteiger partial charge in [-0.2, -0.15) is 0 Å². The third kappa shape index (κ3) is 4.35. The fourth-order valence-corrected chi connectivity index (χ4v) is 2.52. The van der Waals surface area contributed by atoms with Crippen LogP contribution in [0.4, 0.5) is 0 Å². The zero-order valence-electron chi connectivity index (χ0n) is 11.8.